The van der Waals surface area contributed by atoms with Crippen LogP contribution < -0.4 is 11.1 Å². The number of nitrogens with two attached hydrogens (primary N) is 1. The number of nitrogens with one attached hydrogen (secondary N) is 1. The van der Waals surface area contributed by atoms with Crippen molar-refractivity contribution in [1.82, 2.24) is 5.32 Å². The monoisotopic (exact) mass is 266 g/mol. The number of carbonyl (C=O) groups is 1. The number of rotatable bonds is 8. The van der Waals surface area contributed by atoms with Gasteiger partial charge in [0.15, 0.2) is 0 Å². The van der Waals surface area contributed by atoms with Gasteiger partial charge in [-0.1, -0.05) is 12.1 Å². The minimum Gasteiger partial charge on any atom is -0.399 e. The van der Waals surface area contributed by atoms with Crippen molar-refractivity contribution >= 4 is 11.6 Å². The highest BCUT2D eigenvalue weighted by atomic mass is 16.5. The fourth-order valence-electron chi connectivity index (χ4n) is 1.72. The second kappa shape index (κ2) is 8.50. The lowest BCUT2D eigenvalue weighted by Crippen LogP contribution is -2.35. The van der Waals surface area contributed by atoms with Gasteiger partial charge in [0, 0.05) is 32.9 Å². The summed E-state index contributed by atoms with van der Waals surface area (Å²) >= 11 is 0. The molecular formula is C14H22N2O3. The van der Waals surface area contributed by atoms with E-state index in [2.05, 4.69) is 5.32 Å². The molecule has 0 fully saturated rings. The standard InChI is InChI=1S/C14H22N2O3/c1-18-10-13(19-2)9-16-14(17)7-6-11-4-3-5-12(15)8-11/h3-5,8,13H,6-7,9-10,15H2,1-2H3,(H,16,17). The molecule has 19 heavy (non-hydrogen) atoms. The molecule has 0 saturated heterocycles. The van der Waals surface area contributed by atoms with Crippen LogP contribution in [0.5, 0.6) is 0 Å². The SMILES string of the molecule is COCC(CNC(=O)CCc1cccc(N)c1)OC. The molecule has 1 amide bonds. The molecule has 0 heterocycles. The predicted octanol–water partition coefficient (Wildman–Crippen LogP) is 0.979. The van der Waals surface area contributed by atoms with Crippen LogP contribution in [0.25, 0.3) is 0 Å². The summed E-state index contributed by atoms with van der Waals surface area (Å²) in [7, 11) is 3.20. The first kappa shape index (κ1) is 15.5. The molecule has 1 aromatic carbocycles. The number of carbonyl (C=O) groups excluding carboxylic acids is 1. The van der Waals surface area contributed by atoms with Crippen LogP contribution in [0.1, 0.15) is 12.0 Å². The number of aryl methyl sites for hydroxylation is 1. The Balaban J connectivity index is 2.28. The van der Waals surface area contributed by atoms with Gasteiger partial charge >= 0.3 is 0 Å². The Morgan fingerprint density at radius 3 is 2.84 bits per heavy atom. The zero-order valence-electron chi connectivity index (χ0n) is 11.5. The molecule has 0 saturated carbocycles. The predicted molar refractivity (Wildman–Crippen MR) is 74.9 cm³/mol. The summed E-state index contributed by atoms with van der Waals surface area (Å²) in [6, 6.07) is 7.57. The molecule has 0 aliphatic carbocycles. The van der Waals surface area contributed by atoms with Crippen molar-refractivity contribution in [1.29, 1.82) is 0 Å². The fourth-order valence-corrected chi connectivity index (χ4v) is 1.72. The van der Waals surface area contributed by atoms with Crippen LogP contribution in [-0.2, 0) is 20.7 Å². The molecule has 5 nitrogen and oxygen atoms in total. The first-order valence-corrected chi connectivity index (χ1v) is 6.28. The molecule has 0 spiro atoms. The number of nitrogen functional groups attached to an aromatic ring is 1. The van der Waals surface area contributed by atoms with Crippen LogP contribution in [0, 0.1) is 0 Å². The van der Waals surface area contributed by atoms with Crippen LogP contribution in [0.3, 0.4) is 0 Å². The molecule has 0 aliphatic heterocycles. The quantitative estimate of drug-likeness (QED) is 0.688. The normalized spacial score (nSPS) is 12.1. The smallest absolute Gasteiger partial charge is 0.220 e. The molecular weight excluding hydrogens is 244 g/mol. The summed E-state index contributed by atoms with van der Waals surface area (Å²) in [6.07, 6.45) is 1.01. The highest BCUT2D eigenvalue weighted by Crippen LogP contribution is 2.08. The van der Waals surface area contributed by atoms with Gasteiger partial charge in [-0.05, 0) is 24.1 Å². The van der Waals surface area contributed by atoms with Crippen LogP contribution in [0.2, 0.25) is 0 Å². The zero-order chi connectivity index (χ0) is 14.1. The molecule has 5 heteroatoms. The number of methoxy groups -OCH3 is 2. The molecule has 1 rings (SSSR count). The molecule has 0 bridgehead atoms. The summed E-state index contributed by atoms with van der Waals surface area (Å²) in [4.78, 5) is 11.7. The lowest BCUT2D eigenvalue weighted by Gasteiger charge is -2.14. The van der Waals surface area contributed by atoms with E-state index >= 15 is 0 Å². The number of hydrogen-bond acceptors (Lipinski definition) is 4. The molecule has 0 aromatic heterocycles. The Labute approximate surface area is 114 Å². The van der Waals surface area contributed by atoms with Gasteiger partial charge in [-0.15, -0.1) is 0 Å². The van der Waals surface area contributed by atoms with Gasteiger partial charge < -0.3 is 20.5 Å². The summed E-state index contributed by atoms with van der Waals surface area (Å²) in [6.45, 7) is 0.923. The molecule has 3 N–H and O–H groups in total. The van der Waals surface area contributed by atoms with Crippen molar-refractivity contribution in [2.24, 2.45) is 0 Å². The Bertz CT molecular complexity index is 396. The van der Waals surface area contributed by atoms with Crippen LogP contribution in [-0.4, -0.2) is 39.4 Å². The van der Waals surface area contributed by atoms with Crippen LogP contribution >= 0.6 is 0 Å². The maximum atomic E-state index is 11.7. The topological polar surface area (TPSA) is 73.6 Å². The summed E-state index contributed by atoms with van der Waals surface area (Å²) < 4.78 is 10.1. The average Bonchev–Trinajstić information content (AvgIpc) is 2.41. The first-order valence-electron chi connectivity index (χ1n) is 6.28. The Hall–Kier alpha value is -1.59. The van der Waals surface area contributed by atoms with Crippen molar-refractivity contribution in [2.45, 2.75) is 18.9 Å². The van der Waals surface area contributed by atoms with Gasteiger partial charge in [0.2, 0.25) is 5.91 Å². The highest BCUT2D eigenvalue weighted by molar-refractivity contribution is 5.76. The van der Waals surface area contributed by atoms with Crippen LogP contribution in [0.4, 0.5) is 5.69 Å². The lowest BCUT2D eigenvalue weighted by atomic mass is 10.1. The zero-order valence-corrected chi connectivity index (χ0v) is 11.5. The molecule has 106 valence electrons. The second-order valence-electron chi connectivity index (χ2n) is 4.36. The Morgan fingerprint density at radius 1 is 1.42 bits per heavy atom. The second-order valence-corrected chi connectivity index (χ2v) is 4.36. The van der Waals surface area contributed by atoms with E-state index in [-0.39, 0.29) is 12.0 Å². The van der Waals surface area contributed by atoms with Gasteiger partial charge in [-0.25, -0.2) is 0 Å². The third kappa shape index (κ3) is 6.22. The highest BCUT2D eigenvalue weighted by Gasteiger charge is 2.09. The van der Waals surface area contributed by atoms with Crippen LogP contribution in [0.15, 0.2) is 24.3 Å². The fraction of sp³-hybridized carbons (Fsp3) is 0.500. The Morgan fingerprint density at radius 2 is 2.21 bits per heavy atom. The van der Waals surface area contributed by atoms with Gasteiger partial charge in [0.25, 0.3) is 0 Å². The summed E-state index contributed by atoms with van der Waals surface area (Å²) in [5.74, 6) is 0.000535. The molecule has 0 aliphatic rings. The average molecular weight is 266 g/mol. The van der Waals surface area contributed by atoms with E-state index in [1.807, 2.05) is 24.3 Å². The van der Waals surface area contributed by atoms with Crippen molar-refractivity contribution < 1.29 is 14.3 Å². The number of ether oxygens (including phenoxy) is 2. The van der Waals surface area contributed by atoms with Crippen molar-refractivity contribution in [3.05, 3.63) is 29.8 Å². The first-order chi connectivity index (χ1) is 9.15. The van der Waals surface area contributed by atoms with E-state index in [0.29, 0.717) is 26.0 Å². The van der Waals surface area contributed by atoms with E-state index in [1.54, 1.807) is 14.2 Å². The van der Waals surface area contributed by atoms with Crippen molar-refractivity contribution in [3.8, 4) is 0 Å². The van der Waals surface area contributed by atoms with Crippen molar-refractivity contribution in [3.63, 3.8) is 0 Å². The maximum absolute atomic E-state index is 11.7. The van der Waals surface area contributed by atoms with E-state index in [0.717, 1.165) is 11.3 Å². The molecule has 1 atom stereocenters. The number of amides is 1. The number of benzene rings is 1. The van der Waals surface area contributed by atoms with Gasteiger partial charge in [-0.3, -0.25) is 4.79 Å². The summed E-state index contributed by atoms with van der Waals surface area (Å²) in [5, 5.41) is 2.83. The lowest BCUT2D eigenvalue weighted by molar-refractivity contribution is -0.121. The molecule has 0 radical (unpaired) electrons. The van der Waals surface area contributed by atoms with Crippen molar-refractivity contribution in [2.75, 3.05) is 33.1 Å². The van der Waals surface area contributed by atoms with Gasteiger partial charge in [-0.2, -0.15) is 0 Å². The van der Waals surface area contributed by atoms with Gasteiger partial charge in [0.1, 0.15) is 0 Å². The Kier molecular flexibility index (Phi) is 6.92. The van der Waals surface area contributed by atoms with E-state index in [4.69, 9.17) is 15.2 Å². The largest absolute Gasteiger partial charge is 0.399 e. The third-order valence-electron chi connectivity index (χ3n) is 2.80. The van der Waals surface area contributed by atoms with Gasteiger partial charge in [0.05, 0.1) is 12.7 Å². The number of anilines is 1. The molecule has 1 aromatic rings. The molecule has 1 unspecified atom stereocenters. The van der Waals surface area contributed by atoms with E-state index in [9.17, 15) is 4.79 Å². The summed E-state index contributed by atoms with van der Waals surface area (Å²) in [5.41, 5.74) is 7.47. The third-order valence-corrected chi connectivity index (χ3v) is 2.80. The minimum absolute atomic E-state index is 0.000535. The van der Waals surface area contributed by atoms with E-state index < -0.39 is 0 Å². The minimum atomic E-state index is -0.110. The van der Waals surface area contributed by atoms with E-state index in [1.165, 1.54) is 0 Å². The number of hydrogen-bond donors (Lipinski definition) is 2. The maximum Gasteiger partial charge on any atom is 0.220 e.